The summed E-state index contributed by atoms with van der Waals surface area (Å²) < 4.78 is 6.85. The SMILES string of the molecule is CCCC#CCCCOc1cccc(CC(=O)Nc2ccc3ncsc3c2)c1. The zero-order valence-corrected chi connectivity index (χ0v) is 16.8. The highest BCUT2D eigenvalue weighted by molar-refractivity contribution is 7.16. The van der Waals surface area contributed by atoms with Gasteiger partial charge < -0.3 is 10.1 Å². The molecule has 2 aromatic carbocycles. The smallest absolute Gasteiger partial charge is 0.228 e. The van der Waals surface area contributed by atoms with Crippen molar-refractivity contribution in [2.24, 2.45) is 0 Å². The van der Waals surface area contributed by atoms with E-state index < -0.39 is 0 Å². The third kappa shape index (κ3) is 6.11. The van der Waals surface area contributed by atoms with Crippen LogP contribution < -0.4 is 10.1 Å². The number of anilines is 1. The second-order valence-electron chi connectivity index (χ2n) is 6.46. The number of rotatable bonds is 8. The van der Waals surface area contributed by atoms with Crippen LogP contribution >= 0.6 is 11.3 Å². The van der Waals surface area contributed by atoms with Crippen LogP contribution in [0.25, 0.3) is 10.2 Å². The first-order valence-corrected chi connectivity index (χ1v) is 10.4. The Kier molecular flexibility index (Phi) is 7.45. The summed E-state index contributed by atoms with van der Waals surface area (Å²) in [6.45, 7) is 2.76. The van der Waals surface area contributed by atoms with E-state index in [2.05, 4.69) is 29.1 Å². The normalized spacial score (nSPS) is 10.3. The average molecular weight is 393 g/mol. The van der Waals surface area contributed by atoms with Gasteiger partial charge in [0, 0.05) is 18.5 Å². The number of hydrogen-bond donors (Lipinski definition) is 1. The van der Waals surface area contributed by atoms with Gasteiger partial charge in [-0.15, -0.1) is 23.2 Å². The first-order valence-electron chi connectivity index (χ1n) is 9.55. The van der Waals surface area contributed by atoms with Gasteiger partial charge in [-0.2, -0.15) is 0 Å². The van der Waals surface area contributed by atoms with Crippen molar-refractivity contribution in [1.29, 1.82) is 0 Å². The van der Waals surface area contributed by atoms with Crippen LogP contribution in [0.3, 0.4) is 0 Å². The lowest BCUT2D eigenvalue weighted by atomic mass is 10.1. The quantitative estimate of drug-likeness (QED) is 0.410. The van der Waals surface area contributed by atoms with Crippen LogP contribution in [0.1, 0.15) is 38.2 Å². The lowest BCUT2D eigenvalue weighted by molar-refractivity contribution is -0.115. The molecule has 0 fully saturated rings. The lowest BCUT2D eigenvalue weighted by Crippen LogP contribution is -2.14. The molecule has 0 atom stereocenters. The molecule has 144 valence electrons. The van der Waals surface area contributed by atoms with E-state index in [0.717, 1.165) is 52.9 Å². The Morgan fingerprint density at radius 1 is 1.18 bits per heavy atom. The molecule has 1 aromatic heterocycles. The number of unbranched alkanes of at least 4 members (excludes halogenated alkanes) is 2. The maximum Gasteiger partial charge on any atom is 0.228 e. The van der Waals surface area contributed by atoms with Crippen LogP contribution in [0.15, 0.2) is 48.0 Å². The highest BCUT2D eigenvalue weighted by Crippen LogP contribution is 2.22. The minimum Gasteiger partial charge on any atom is -0.494 e. The van der Waals surface area contributed by atoms with Gasteiger partial charge >= 0.3 is 0 Å². The molecule has 1 heterocycles. The van der Waals surface area contributed by atoms with Gasteiger partial charge in [0.2, 0.25) is 5.91 Å². The first-order chi connectivity index (χ1) is 13.7. The van der Waals surface area contributed by atoms with Gasteiger partial charge in [-0.1, -0.05) is 19.1 Å². The number of amides is 1. The van der Waals surface area contributed by atoms with Crippen molar-refractivity contribution < 1.29 is 9.53 Å². The zero-order valence-electron chi connectivity index (χ0n) is 16.0. The van der Waals surface area contributed by atoms with E-state index in [4.69, 9.17) is 4.74 Å². The number of carbonyl (C=O) groups excluding carboxylic acids is 1. The molecule has 0 aliphatic rings. The van der Waals surface area contributed by atoms with Crippen LogP contribution in [0.4, 0.5) is 5.69 Å². The van der Waals surface area contributed by atoms with Crippen LogP contribution in [-0.2, 0) is 11.2 Å². The second kappa shape index (κ2) is 10.5. The average Bonchev–Trinajstić information content (AvgIpc) is 3.15. The number of nitrogens with zero attached hydrogens (tertiary/aromatic N) is 1. The number of carbonyl (C=O) groups is 1. The highest BCUT2D eigenvalue weighted by atomic mass is 32.1. The van der Waals surface area contributed by atoms with Gasteiger partial charge in [0.1, 0.15) is 5.75 Å². The van der Waals surface area contributed by atoms with Crippen LogP contribution in [0, 0.1) is 11.8 Å². The van der Waals surface area contributed by atoms with Gasteiger partial charge in [0.15, 0.2) is 0 Å². The van der Waals surface area contributed by atoms with Gasteiger partial charge in [0.25, 0.3) is 0 Å². The molecule has 0 aliphatic heterocycles. The number of nitrogens with one attached hydrogen (secondary N) is 1. The molecule has 0 aliphatic carbocycles. The molecule has 0 unspecified atom stereocenters. The van der Waals surface area contributed by atoms with Crippen LogP contribution in [0.2, 0.25) is 0 Å². The summed E-state index contributed by atoms with van der Waals surface area (Å²) in [5, 5.41) is 2.95. The minimum absolute atomic E-state index is 0.0489. The van der Waals surface area contributed by atoms with Gasteiger partial charge in [-0.05, 0) is 48.7 Å². The summed E-state index contributed by atoms with van der Waals surface area (Å²) >= 11 is 1.56. The molecule has 3 aromatic rings. The molecule has 4 nitrogen and oxygen atoms in total. The topological polar surface area (TPSA) is 51.2 Å². The number of hydrogen-bond acceptors (Lipinski definition) is 4. The predicted octanol–water partition coefficient (Wildman–Crippen LogP) is 5.44. The predicted molar refractivity (Wildman–Crippen MR) is 116 cm³/mol. The summed E-state index contributed by atoms with van der Waals surface area (Å²) in [6.07, 6.45) is 4.13. The molecule has 5 heteroatoms. The summed E-state index contributed by atoms with van der Waals surface area (Å²) in [7, 11) is 0. The fourth-order valence-corrected chi connectivity index (χ4v) is 3.44. The largest absolute Gasteiger partial charge is 0.494 e. The molecule has 3 rings (SSSR count). The second-order valence-corrected chi connectivity index (χ2v) is 7.35. The Balaban J connectivity index is 1.48. The molecule has 1 amide bonds. The summed E-state index contributed by atoms with van der Waals surface area (Å²) in [4.78, 5) is 16.6. The Morgan fingerprint density at radius 3 is 2.96 bits per heavy atom. The van der Waals surface area contributed by atoms with Crippen molar-refractivity contribution in [3.05, 3.63) is 53.5 Å². The number of benzene rings is 2. The molecule has 0 bridgehead atoms. The lowest BCUT2D eigenvalue weighted by Gasteiger charge is -2.08. The summed E-state index contributed by atoms with van der Waals surface area (Å²) in [6, 6.07) is 13.5. The van der Waals surface area contributed by atoms with E-state index in [1.807, 2.05) is 42.5 Å². The monoisotopic (exact) mass is 392 g/mol. The Bertz CT molecular complexity index is 985. The molecular weight excluding hydrogens is 368 g/mol. The van der Waals surface area contributed by atoms with E-state index in [-0.39, 0.29) is 5.91 Å². The van der Waals surface area contributed by atoms with E-state index in [9.17, 15) is 4.79 Å². The summed E-state index contributed by atoms with van der Waals surface area (Å²) in [5.41, 5.74) is 4.47. The Labute approximate surface area is 170 Å². The first kappa shape index (κ1) is 19.9. The van der Waals surface area contributed by atoms with Gasteiger partial charge in [0.05, 0.1) is 28.8 Å². The number of ether oxygens (including phenoxy) is 1. The van der Waals surface area contributed by atoms with Crippen LogP contribution in [0.5, 0.6) is 5.75 Å². The van der Waals surface area contributed by atoms with E-state index in [1.54, 1.807) is 16.8 Å². The van der Waals surface area contributed by atoms with Crippen molar-refractivity contribution in [2.45, 2.75) is 39.0 Å². The molecule has 1 N–H and O–H groups in total. The van der Waals surface area contributed by atoms with Gasteiger partial charge in [-0.25, -0.2) is 4.98 Å². The third-order valence-corrected chi connectivity index (χ3v) is 4.88. The highest BCUT2D eigenvalue weighted by Gasteiger charge is 2.07. The van der Waals surface area contributed by atoms with Crippen LogP contribution in [-0.4, -0.2) is 17.5 Å². The van der Waals surface area contributed by atoms with Crippen molar-refractivity contribution in [3.8, 4) is 17.6 Å². The van der Waals surface area contributed by atoms with Crippen molar-refractivity contribution in [2.75, 3.05) is 11.9 Å². The molecule has 28 heavy (non-hydrogen) atoms. The third-order valence-electron chi connectivity index (χ3n) is 4.09. The molecule has 0 spiro atoms. The minimum atomic E-state index is -0.0489. The zero-order chi connectivity index (χ0) is 19.6. The number of thiazole rings is 1. The maximum absolute atomic E-state index is 12.4. The Hall–Kier alpha value is -2.84. The van der Waals surface area contributed by atoms with E-state index in [0.29, 0.717) is 13.0 Å². The van der Waals surface area contributed by atoms with Crippen molar-refractivity contribution in [3.63, 3.8) is 0 Å². The Morgan fingerprint density at radius 2 is 2.07 bits per heavy atom. The van der Waals surface area contributed by atoms with Crippen molar-refractivity contribution >= 4 is 33.1 Å². The number of fused-ring (bicyclic) bond motifs is 1. The molecule has 0 saturated carbocycles. The van der Waals surface area contributed by atoms with Crippen molar-refractivity contribution in [1.82, 2.24) is 4.98 Å². The van der Waals surface area contributed by atoms with Gasteiger partial charge in [-0.3, -0.25) is 4.79 Å². The standard InChI is InChI=1S/C23H24N2O2S/c1-2-3-4-5-6-7-13-27-20-10-8-9-18(14-20)15-23(26)25-19-11-12-21-22(16-19)28-17-24-21/h8-12,14,16-17H,2-3,6-7,13,15H2,1H3,(H,25,26). The van der Waals surface area contributed by atoms with E-state index in [1.165, 1.54) is 0 Å². The fraction of sp³-hybridized carbons (Fsp3) is 0.304. The fourth-order valence-electron chi connectivity index (χ4n) is 2.72. The molecule has 0 radical (unpaired) electrons. The number of aromatic nitrogens is 1. The maximum atomic E-state index is 12.4. The molecular formula is C23H24N2O2S. The van der Waals surface area contributed by atoms with E-state index >= 15 is 0 Å². The summed E-state index contributed by atoms with van der Waals surface area (Å²) in [5.74, 6) is 7.04. The molecule has 0 saturated heterocycles.